The number of carbonyl (C=O) groups excluding carboxylic acids is 1. The van der Waals surface area contributed by atoms with Gasteiger partial charge in [0.05, 0.1) is 12.6 Å². The molecule has 3 heteroatoms. The normalized spacial score (nSPS) is 12.1. The minimum Gasteiger partial charge on any atom is -0.394 e. The minimum absolute atomic E-state index is 0.0242. The van der Waals surface area contributed by atoms with Crippen molar-refractivity contribution in [3.05, 3.63) is 71.8 Å². The van der Waals surface area contributed by atoms with Crippen LogP contribution in [0, 0.1) is 0 Å². The number of carbonyl (C=O) groups is 1. The monoisotopic (exact) mass is 297 g/mol. The lowest BCUT2D eigenvalue weighted by molar-refractivity contribution is -0.122. The van der Waals surface area contributed by atoms with E-state index in [1.54, 1.807) is 0 Å². The van der Waals surface area contributed by atoms with Crippen molar-refractivity contribution in [1.29, 1.82) is 0 Å². The van der Waals surface area contributed by atoms with Gasteiger partial charge in [-0.1, -0.05) is 67.6 Å². The Bertz CT molecular complexity index is 525. The predicted molar refractivity (Wildman–Crippen MR) is 88.7 cm³/mol. The van der Waals surface area contributed by atoms with Crippen molar-refractivity contribution in [2.24, 2.45) is 0 Å². The molecule has 0 saturated carbocycles. The summed E-state index contributed by atoms with van der Waals surface area (Å²) in [7, 11) is 0. The number of hydrogen-bond donors (Lipinski definition) is 2. The first kappa shape index (κ1) is 16.2. The zero-order valence-corrected chi connectivity index (χ0v) is 12.9. The molecule has 116 valence electrons. The third-order valence-electron chi connectivity index (χ3n) is 3.87. The van der Waals surface area contributed by atoms with Crippen molar-refractivity contribution in [3.8, 4) is 0 Å². The van der Waals surface area contributed by atoms with Gasteiger partial charge in [-0.2, -0.15) is 0 Å². The van der Waals surface area contributed by atoms with Crippen LogP contribution in [0.3, 0.4) is 0 Å². The fourth-order valence-electron chi connectivity index (χ4n) is 2.55. The second-order valence-corrected chi connectivity index (χ2v) is 5.43. The quantitative estimate of drug-likeness (QED) is 0.825. The first-order valence-corrected chi connectivity index (χ1v) is 7.74. The zero-order chi connectivity index (χ0) is 15.8. The maximum absolute atomic E-state index is 12.3. The van der Waals surface area contributed by atoms with Gasteiger partial charge in [0.25, 0.3) is 0 Å². The van der Waals surface area contributed by atoms with Gasteiger partial charge in [0, 0.05) is 12.3 Å². The molecule has 0 aliphatic rings. The van der Waals surface area contributed by atoms with Crippen LogP contribution in [0.1, 0.15) is 36.8 Å². The molecule has 0 aliphatic carbocycles. The molecule has 0 unspecified atom stereocenters. The van der Waals surface area contributed by atoms with E-state index in [9.17, 15) is 9.90 Å². The van der Waals surface area contributed by atoms with Gasteiger partial charge in [-0.3, -0.25) is 4.79 Å². The van der Waals surface area contributed by atoms with E-state index in [1.165, 1.54) is 0 Å². The Kier molecular flexibility index (Phi) is 6.16. The van der Waals surface area contributed by atoms with E-state index in [-0.39, 0.29) is 24.5 Å². The van der Waals surface area contributed by atoms with Crippen LogP contribution in [0.25, 0.3) is 0 Å². The van der Waals surface area contributed by atoms with Crippen LogP contribution in [0.5, 0.6) is 0 Å². The molecule has 2 aromatic carbocycles. The molecule has 1 atom stereocenters. The lowest BCUT2D eigenvalue weighted by atomic mass is 9.88. The van der Waals surface area contributed by atoms with Crippen molar-refractivity contribution in [2.45, 2.75) is 31.7 Å². The molecule has 0 spiro atoms. The summed E-state index contributed by atoms with van der Waals surface area (Å²) in [5.74, 6) is -0.00259. The lowest BCUT2D eigenvalue weighted by Crippen LogP contribution is -2.37. The number of hydrogen-bond acceptors (Lipinski definition) is 2. The van der Waals surface area contributed by atoms with Crippen LogP contribution in [-0.2, 0) is 4.79 Å². The topological polar surface area (TPSA) is 49.3 Å². The molecular weight excluding hydrogens is 274 g/mol. The van der Waals surface area contributed by atoms with Gasteiger partial charge in [-0.15, -0.1) is 0 Å². The summed E-state index contributed by atoms with van der Waals surface area (Å²) in [5, 5.41) is 12.1. The molecule has 0 aromatic heterocycles. The number of benzene rings is 2. The Morgan fingerprint density at radius 1 is 1.00 bits per heavy atom. The smallest absolute Gasteiger partial charge is 0.221 e. The van der Waals surface area contributed by atoms with E-state index in [0.717, 1.165) is 17.5 Å². The first-order valence-electron chi connectivity index (χ1n) is 7.74. The van der Waals surface area contributed by atoms with Crippen LogP contribution in [0.2, 0.25) is 0 Å². The second kappa shape index (κ2) is 8.35. The average molecular weight is 297 g/mol. The number of aliphatic hydroxyl groups excluding tert-OH is 1. The van der Waals surface area contributed by atoms with Crippen LogP contribution in [-0.4, -0.2) is 23.7 Å². The van der Waals surface area contributed by atoms with E-state index in [0.29, 0.717) is 6.42 Å². The van der Waals surface area contributed by atoms with Gasteiger partial charge in [-0.05, 0) is 17.5 Å². The van der Waals surface area contributed by atoms with Crippen LogP contribution < -0.4 is 5.32 Å². The lowest BCUT2D eigenvalue weighted by Gasteiger charge is -2.20. The van der Waals surface area contributed by atoms with Crippen molar-refractivity contribution in [3.63, 3.8) is 0 Å². The highest BCUT2D eigenvalue weighted by atomic mass is 16.3. The van der Waals surface area contributed by atoms with Gasteiger partial charge in [0.15, 0.2) is 0 Å². The van der Waals surface area contributed by atoms with Crippen molar-refractivity contribution in [1.82, 2.24) is 5.32 Å². The van der Waals surface area contributed by atoms with Crippen molar-refractivity contribution < 1.29 is 9.90 Å². The first-order chi connectivity index (χ1) is 10.7. The molecule has 0 bridgehead atoms. The summed E-state index contributed by atoms with van der Waals surface area (Å²) in [6, 6.07) is 20.0. The molecular formula is C19H23NO2. The standard InChI is InChI=1S/C19H23NO2/c1-2-17(14-21)20-19(22)13-18(15-9-5-3-6-10-15)16-11-7-4-8-12-16/h3-12,17-18,21H,2,13-14H2,1H3,(H,20,22)/t17-/m1/s1. The number of aliphatic hydroxyl groups is 1. The van der Waals surface area contributed by atoms with Gasteiger partial charge < -0.3 is 10.4 Å². The summed E-state index contributed by atoms with van der Waals surface area (Å²) in [6.07, 6.45) is 1.11. The minimum atomic E-state index is -0.167. The Labute approximate surface area is 132 Å². The Morgan fingerprint density at radius 2 is 1.50 bits per heavy atom. The van der Waals surface area contributed by atoms with Gasteiger partial charge >= 0.3 is 0 Å². The van der Waals surface area contributed by atoms with E-state index in [1.807, 2.05) is 67.6 Å². The SMILES string of the molecule is CC[C@H](CO)NC(=O)CC(c1ccccc1)c1ccccc1. The fourth-order valence-corrected chi connectivity index (χ4v) is 2.55. The molecule has 2 rings (SSSR count). The third-order valence-corrected chi connectivity index (χ3v) is 3.87. The maximum Gasteiger partial charge on any atom is 0.221 e. The molecule has 0 heterocycles. The molecule has 2 aromatic rings. The number of amides is 1. The summed E-state index contributed by atoms with van der Waals surface area (Å²) in [4.78, 5) is 12.3. The summed E-state index contributed by atoms with van der Waals surface area (Å²) in [6.45, 7) is 1.93. The molecule has 0 saturated heterocycles. The highest BCUT2D eigenvalue weighted by molar-refractivity contribution is 5.77. The summed E-state index contributed by atoms with van der Waals surface area (Å²) < 4.78 is 0. The molecule has 0 aliphatic heterocycles. The van der Waals surface area contributed by atoms with Gasteiger partial charge in [0.1, 0.15) is 0 Å². The third kappa shape index (κ3) is 4.43. The van der Waals surface area contributed by atoms with E-state index < -0.39 is 0 Å². The maximum atomic E-state index is 12.3. The largest absolute Gasteiger partial charge is 0.394 e. The Balaban J connectivity index is 2.17. The summed E-state index contributed by atoms with van der Waals surface area (Å²) >= 11 is 0. The van der Waals surface area contributed by atoms with Crippen LogP contribution in [0.4, 0.5) is 0 Å². The van der Waals surface area contributed by atoms with Gasteiger partial charge in [-0.25, -0.2) is 0 Å². The Morgan fingerprint density at radius 3 is 1.91 bits per heavy atom. The number of rotatable bonds is 7. The molecule has 0 fully saturated rings. The van der Waals surface area contributed by atoms with E-state index in [4.69, 9.17) is 0 Å². The van der Waals surface area contributed by atoms with Crippen molar-refractivity contribution in [2.75, 3.05) is 6.61 Å². The van der Waals surface area contributed by atoms with Crippen molar-refractivity contribution >= 4 is 5.91 Å². The molecule has 3 nitrogen and oxygen atoms in total. The molecule has 1 amide bonds. The fraction of sp³-hybridized carbons (Fsp3) is 0.316. The van der Waals surface area contributed by atoms with Crippen LogP contribution in [0.15, 0.2) is 60.7 Å². The summed E-state index contributed by atoms with van der Waals surface area (Å²) in [5.41, 5.74) is 2.25. The van der Waals surface area contributed by atoms with E-state index in [2.05, 4.69) is 5.32 Å². The Hall–Kier alpha value is -2.13. The highest BCUT2D eigenvalue weighted by Crippen LogP contribution is 2.27. The number of nitrogens with one attached hydrogen (secondary N) is 1. The van der Waals surface area contributed by atoms with Gasteiger partial charge in [0.2, 0.25) is 5.91 Å². The predicted octanol–water partition coefficient (Wildman–Crippen LogP) is 3.10. The zero-order valence-electron chi connectivity index (χ0n) is 12.9. The second-order valence-electron chi connectivity index (χ2n) is 5.43. The molecule has 0 radical (unpaired) electrons. The molecule has 2 N–H and O–H groups in total. The van der Waals surface area contributed by atoms with E-state index >= 15 is 0 Å². The average Bonchev–Trinajstić information content (AvgIpc) is 2.59. The highest BCUT2D eigenvalue weighted by Gasteiger charge is 2.19. The molecule has 22 heavy (non-hydrogen) atoms. The van der Waals surface area contributed by atoms with Crippen LogP contribution >= 0.6 is 0 Å².